The second-order valence-electron chi connectivity index (χ2n) is 6.62. The number of nitrogens with zero attached hydrogens (tertiary/aromatic N) is 5. The zero-order valence-electron chi connectivity index (χ0n) is 16.6. The van der Waals surface area contributed by atoms with Crippen LogP contribution in [0, 0.1) is 11.3 Å². The molecule has 0 radical (unpaired) electrons. The number of aromatic nitrogens is 4. The van der Waals surface area contributed by atoms with Gasteiger partial charge in [0.1, 0.15) is 5.69 Å². The van der Waals surface area contributed by atoms with Crippen LogP contribution in [0.25, 0.3) is 0 Å². The number of rotatable bonds is 7. The van der Waals surface area contributed by atoms with E-state index < -0.39 is 5.91 Å². The molecule has 4 aromatic rings. The minimum Gasteiger partial charge on any atom is -0.295 e. The first-order valence-electron chi connectivity index (χ1n) is 9.49. The van der Waals surface area contributed by atoms with Gasteiger partial charge in [0, 0.05) is 11.8 Å². The molecular weight excluding hydrogens is 444 g/mol. The van der Waals surface area contributed by atoms with Gasteiger partial charge in [-0.15, -0.1) is 10.2 Å². The fraction of sp³-hybridized carbons (Fsp3) is 0.0909. The molecule has 0 fully saturated rings. The van der Waals surface area contributed by atoms with Crippen molar-refractivity contribution in [1.29, 1.82) is 5.26 Å². The van der Waals surface area contributed by atoms with Gasteiger partial charge < -0.3 is 0 Å². The molecule has 1 N–H and O–H groups in total. The number of nitriles is 1. The highest BCUT2D eigenvalue weighted by molar-refractivity contribution is 8.00. The maximum absolute atomic E-state index is 12.6. The van der Waals surface area contributed by atoms with Crippen molar-refractivity contribution >= 4 is 34.1 Å². The van der Waals surface area contributed by atoms with Gasteiger partial charge in [0.25, 0.3) is 11.5 Å². The number of hydrogen-bond donors (Lipinski definition) is 1. The maximum Gasteiger partial charge on any atom is 0.277 e. The zero-order valence-corrected chi connectivity index (χ0v) is 18.3. The van der Waals surface area contributed by atoms with Crippen LogP contribution in [0.2, 0.25) is 0 Å². The van der Waals surface area contributed by atoms with Crippen LogP contribution in [0.1, 0.15) is 27.2 Å². The highest BCUT2D eigenvalue weighted by atomic mass is 32.2. The van der Waals surface area contributed by atoms with Crippen molar-refractivity contribution < 1.29 is 4.79 Å². The molecule has 0 aliphatic carbocycles. The summed E-state index contributed by atoms with van der Waals surface area (Å²) in [5.74, 6) is 0.201. The summed E-state index contributed by atoms with van der Waals surface area (Å²) in [6, 6.07) is 21.6. The van der Waals surface area contributed by atoms with E-state index in [-0.39, 0.29) is 17.8 Å². The average Bonchev–Trinajstić information content (AvgIpc) is 3.27. The second-order valence-corrected chi connectivity index (χ2v) is 8.82. The minimum atomic E-state index is -0.466. The normalized spacial score (nSPS) is 10.5. The lowest BCUT2D eigenvalue weighted by Crippen LogP contribution is -2.26. The van der Waals surface area contributed by atoms with Crippen molar-refractivity contribution in [1.82, 2.24) is 20.0 Å². The number of amides is 1. The first-order chi connectivity index (χ1) is 15.6. The first-order valence-corrected chi connectivity index (χ1v) is 11.3. The lowest BCUT2D eigenvalue weighted by Gasteiger charge is -2.06. The van der Waals surface area contributed by atoms with Crippen molar-refractivity contribution in [2.45, 2.75) is 16.6 Å². The molecule has 0 saturated carbocycles. The number of carbonyl (C=O) groups excluding carboxylic acids is 1. The number of hydrogen-bond acceptors (Lipinski definition) is 8. The van der Waals surface area contributed by atoms with Crippen molar-refractivity contribution in [3.63, 3.8) is 0 Å². The minimum absolute atomic E-state index is 0.113. The van der Waals surface area contributed by atoms with Crippen molar-refractivity contribution in [3.05, 3.63) is 99.5 Å². The predicted octanol–water partition coefficient (Wildman–Crippen LogP) is 3.56. The van der Waals surface area contributed by atoms with E-state index in [0.29, 0.717) is 20.8 Å². The third-order valence-corrected chi connectivity index (χ3v) is 6.39. The second kappa shape index (κ2) is 10.00. The molecule has 0 saturated heterocycles. The monoisotopic (exact) mass is 460 g/mol. The number of thioether (sulfide) groups is 1. The largest absolute Gasteiger partial charge is 0.295 e. The number of anilines is 1. The molecular formula is C22H16N6O2S2. The van der Waals surface area contributed by atoms with Gasteiger partial charge in [-0.3, -0.25) is 14.9 Å². The van der Waals surface area contributed by atoms with E-state index >= 15 is 0 Å². The highest BCUT2D eigenvalue weighted by Gasteiger charge is 2.14. The van der Waals surface area contributed by atoms with E-state index in [1.165, 1.54) is 39.9 Å². The molecule has 10 heteroatoms. The summed E-state index contributed by atoms with van der Waals surface area (Å²) in [5.41, 5.74) is 2.40. The highest BCUT2D eigenvalue weighted by Crippen LogP contribution is 2.28. The van der Waals surface area contributed by atoms with Crippen LogP contribution in [-0.2, 0) is 12.3 Å². The lowest BCUT2D eigenvalue weighted by atomic mass is 10.2. The van der Waals surface area contributed by atoms with Gasteiger partial charge in [0.2, 0.25) is 5.13 Å². The maximum atomic E-state index is 12.6. The summed E-state index contributed by atoms with van der Waals surface area (Å²) < 4.78 is 1.95. The van der Waals surface area contributed by atoms with Gasteiger partial charge >= 0.3 is 0 Å². The topological polar surface area (TPSA) is 114 Å². The lowest BCUT2D eigenvalue weighted by molar-refractivity contribution is 0.102. The molecule has 0 spiro atoms. The SMILES string of the molecule is N#Cc1ccc(CSc2nnc(NC(=O)c3ccc(=O)n(Cc4ccccc4)n3)s2)cc1. The Balaban J connectivity index is 1.39. The van der Waals surface area contributed by atoms with Crippen LogP contribution in [0.4, 0.5) is 5.13 Å². The Morgan fingerprint density at radius 3 is 2.56 bits per heavy atom. The van der Waals surface area contributed by atoms with E-state index in [1.807, 2.05) is 42.5 Å². The van der Waals surface area contributed by atoms with Crippen LogP contribution in [0.15, 0.2) is 75.9 Å². The number of carbonyl (C=O) groups is 1. The van der Waals surface area contributed by atoms with E-state index in [4.69, 9.17) is 5.26 Å². The van der Waals surface area contributed by atoms with Crippen molar-refractivity contribution in [2.75, 3.05) is 5.32 Å². The number of nitrogens with one attached hydrogen (secondary N) is 1. The van der Waals surface area contributed by atoms with E-state index in [2.05, 4.69) is 26.7 Å². The van der Waals surface area contributed by atoms with Crippen LogP contribution in [0.3, 0.4) is 0 Å². The molecule has 2 heterocycles. The average molecular weight is 461 g/mol. The molecule has 0 unspecified atom stereocenters. The third-order valence-electron chi connectivity index (χ3n) is 4.35. The van der Waals surface area contributed by atoms with Crippen molar-refractivity contribution in [2.24, 2.45) is 0 Å². The summed E-state index contributed by atoms with van der Waals surface area (Å²) in [7, 11) is 0. The molecule has 0 atom stereocenters. The Bertz CT molecular complexity index is 1330. The standard InChI is InChI=1S/C22H16N6O2S2/c23-12-15-6-8-17(9-7-15)14-31-22-26-25-21(32-22)24-20(30)18-10-11-19(29)28(27-18)13-16-4-2-1-3-5-16/h1-11H,13-14H2,(H,24,25,30). The molecule has 4 rings (SSSR count). The van der Waals surface area contributed by atoms with Crippen LogP contribution >= 0.6 is 23.1 Å². The first kappa shape index (κ1) is 21.4. The molecule has 0 aliphatic rings. The van der Waals surface area contributed by atoms with Crippen molar-refractivity contribution in [3.8, 4) is 6.07 Å². The van der Waals surface area contributed by atoms with Crippen LogP contribution in [0.5, 0.6) is 0 Å². The van der Waals surface area contributed by atoms with E-state index in [0.717, 1.165) is 11.1 Å². The Hall–Kier alpha value is -3.81. The van der Waals surface area contributed by atoms with Gasteiger partial charge in [0.05, 0.1) is 18.2 Å². The molecule has 32 heavy (non-hydrogen) atoms. The molecule has 1 amide bonds. The van der Waals surface area contributed by atoms with Gasteiger partial charge in [-0.25, -0.2) is 4.68 Å². The summed E-state index contributed by atoms with van der Waals surface area (Å²) in [5, 5.41) is 24.2. The number of benzene rings is 2. The van der Waals surface area contributed by atoms with E-state index in [1.54, 1.807) is 12.1 Å². The zero-order chi connectivity index (χ0) is 22.3. The van der Waals surface area contributed by atoms with Gasteiger partial charge in [-0.2, -0.15) is 10.4 Å². The van der Waals surface area contributed by atoms with Gasteiger partial charge in [0.15, 0.2) is 4.34 Å². The predicted molar refractivity (Wildman–Crippen MR) is 123 cm³/mol. The van der Waals surface area contributed by atoms with Gasteiger partial charge in [-0.05, 0) is 29.3 Å². The summed E-state index contributed by atoms with van der Waals surface area (Å²) in [6.45, 7) is 0.274. The van der Waals surface area contributed by atoms with Crippen LogP contribution in [-0.4, -0.2) is 25.9 Å². The van der Waals surface area contributed by atoms with E-state index in [9.17, 15) is 9.59 Å². The molecule has 158 valence electrons. The molecule has 0 bridgehead atoms. The quantitative estimate of drug-likeness (QED) is 0.331. The third kappa shape index (κ3) is 5.46. The molecule has 0 aliphatic heterocycles. The summed E-state index contributed by atoms with van der Waals surface area (Å²) in [6.07, 6.45) is 0. The fourth-order valence-corrected chi connectivity index (χ4v) is 4.44. The Labute approximate surface area is 191 Å². The molecule has 2 aromatic carbocycles. The Morgan fingerprint density at radius 2 is 1.81 bits per heavy atom. The fourth-order valence-electron chi connectivity index (χ4n) is 2.74. The molecule has 8 nitrogen and oxygen atoms in total. The molecule has 2 aromatic heterocycles. The Morgan fingerprint density at radius 1 is 1.03 bits per heavy atom. The Kier molecular flexibility index (Phi) is 6.69. The van der Waals surface area contributed by atoms with Crippen LogP contribution < -0.4 is 10.9 Å². The summed E-state index contributed by atoms with van der Waals surface area (Å²) >= 11 is 2.74. The smallest absolute Gasteiger partial charge is 0.277 e. The summed E-state index contributed by atoms with van der Waals surface area (Å²) in [4.78, 5) is 24.7. The van der Waals surface area contributed by atoms with Gasteiger partial charge in [-0.1, -0.05) is 65.6 Å².